The maximum absolute atomic E-state index is 15.8. The Balaban J connectivity index is 1.09. The zero-order valence-electron chi connectivity index (χ0n) is 48.2. The van der Waals surface area contributed by atoms with Crippen molar-refractivity contribution in [3.05, 3.63) is 143 Å². The molecular formula is C60H66N6O18S3. The minimum atomic E-state index is -2.52. The van der Waals surface area contributed by atoms with Crippen LogP contribution in [0.1, 0.15) is 92.4 Å². The number of nitrogens with zero attached hydrogens (tertiary/aromatic N) is 2. The molecule has 8 rings (SSSR count). The Hall–Kier alpha value is -7.95. The molecule has 11 atom stereocenters. The van der Waals surface area contributed by atoms with Crippen LogP contribution in [0, 0.1) is 16.7 Å². The standard InChI is InChI=1S/C60H66N6O18S3/c1-33-41(30-60(76)50(83-52(72)38-21-14-9-15-22-38)48-58(6,42(69)29-43-59(48,32-79-43)84-35(3)68)49(70)46(80-34(2)67)44(33)57(60,4)5)81-53(73)47(45(36-17-10-7-11-18-36)65-51(71)37-19-12-8-13-20-37)82-56(75)78-26-28-87-86-27-25-77-55(74)64-39-23-16-24-62-40(39)31-63-66-54(61)85/h7-24,31,41-43,45-48,50,69,76H,25-30,32H2,1-6H3,(H,64,74)(H,65,71)(H3,61,66,85)/b63-31+/t41?,42-,43+,45-,46+,47+,48-,50?,58+,59-,60+/m0/s1. The van der Waals surface area contributed by atoms with E-state index in [-0.39, 0.29) is 64.9 Å². The van der Waals surface area contributed by atoms with Gasteiger partial charge in [0.15, 0.2) is 22.6 Å². The Kier molecular flexibility index (Phi) is 20.8. The highest BCUT2D eigenvalue weighted by atomic mass is 33.1. The number of aliphatic hydroxyl groups is 2. The number of hydrogen-bond acceptors (Lipinski definition) is 23. The normalized spacial score (nSPS) is 25.8. The highest BCUT2D eigenvalue weighted by Crippen LogP contribution is 2.64. The topological polar surface area (TPSA) is 338 Å². The van der Waals surface area contributed by atoms with Gasteiger partial charge < -0.3 is 59.2 Å². The molecule has 2 amide bonds. The molecular weight excluding hydrogens is 1190 g/mol. The second-order valence-corrected chi connectivity index (χ2v) is 24.8. The van der Waals surface area contributed by atoms with E-state index < -0.39 is 125 Å². The lowest BCUT2D eigenvalue weighted by Crippen LogP contribution is -2.82. The summed E-state index contributed by atoms with van der Waals surface area (Å²) in [5.41, 5.74) is 0.567. The molecule has 462 valence electrons. The van der Waals surface area contributed by atoms with Crippen molar-refractivity contribution >= 4 is 98.6 Å². The molecule has 3 aromatic carbocycles. The summed E-state index contributed by atoms with van der Waals surface area (Å²) in [5, 5.41) is 35.5. The predicted molar refractivity (Wildman–Crippen MR) is 320 cm³/mol. The first-order valence-corrected chi connectivity index (χ1v) is 30.4. The SMILES string of the molecule is CC(=O)O[C@H]1C(=O)[C@@]2(C)[C@H](C(OC(=O)c3ccccc3)[C@]3(O)CC(OC(=O)[C@H](OC(=O)OCCSSCCOC(=O)Nc4cccnc4/C=N/NC(N)=S)[C@@H](NC(=O)c4ccccc4)c4ccccc4)C(C)=C1C3(C)C)[C@]1(OC(C)=O)CO[C@@H]1C[C@@H]2O. The van der Waals surface area contributed by atoms with Crippen molar-refractivity contribution in [1.29, 1.82) is 0 Å². The molecule has 4 aromatic rings. The molecule has 1 aromatic heterocycles. The Bertz CT molecular complexity index is 3310. The Morgan fingerprint density at radius 1 is 0.862 bits per heavy atom. The van der Waals surface area contributed by atoms with Crippen LogP contribution < -0.4 is 21.8 Å². The molecule has 24 nitrogen and oxygen atoms in total. The van der Waals surface area contributed by atoms with Gasteiger partial charge in [0, 0.05) is 55.4 Å². The van der Waals surface area contributed by atoms with E-state index in [4.69, 9.17) is 55.8 Å². The van der Waals surface area contributed by atoms with Crippen LogP contribution in [0.5, 0.6) is 0 Å². The number of hydrogen-bond donors (Lipinski definition) is 6. The number of nitrogens with one attached hydrogen (secondary N) is 3. The Morgan fingerprint density at radius 2 is 1.49 bits per heavy atom. The lowest BCUT2D eigenvalue weighted by Gasteiger charge is -2.67. The van der Waals surface area contributed by atoms with E-state index in [2.05, 4.69) is 26.1 Å². The quantitative estimate of drug-likeness (QED) is 0.00803. The van der Waals surface area contributed by atoms with Gasteiger partial charge in [-0.05, 0) is 79.2 Å². The van der Waals surface area contributed by atoms with Crippen LogP contribution in [0.25, 0.3) is 0 Å². The number of aromatic nitrogens is 1. The third kappa shape index (κ3) is 14.1. The van der Waals surface area contributed by atoms with Gasteiger partial charge in [-0.15, -0.1) is 0 Å². The zero-order valence-corrected chi connectivity index (χ0v) is 50.6. The number of pyridine rings is 1. The summed E-state index contributed by atoms with van der Waals surface area (Å²) >= 11 is 4.74. The monoisotopic (exact) mass is 1250 g/mol. The lowest BCUT2D eigenvalue weighted by atomic mass is 9.44. The number of aliphatic hydroxyl groups excluding tert-OH is 1. The molecule has 2 heterocycles. The molecule has 3 fully saturated rings. The summed E-state index contributed by atoms with van der Waals surface area (Å²) < 4.78 is 47.6. The van der Waals surface area contributed by atoms with E-state index in [1.165, 1.54) is 86.0 Å². The van der Waals surface area contributed by atoms with Crippen LogP contribution in [0.2, 0.25) is 0 Å². The average Bonchev–Trinajstić information content (AvgIpc) is 0.726. The molecule has 7 N–H and O–H groups in total. The molecule has 27 heteroatoms. The van der Waals surface area contributed by atoms with Crippen molar-refractivity contribution in [2.45, 2.75) is 108 Å². The lowest BCUT2D eigenvalue weighted by molar-refractivity contribution is -0.346. The van der Waals surface area contributed by atoms with Crippen LogP contribution in [-0.4, -0.2) is 153 Å². The van der Waals surface area contributed by atoms with Gasteiger partial charge in [0.2, 0.25) is 6.10 Å². The molecule has 2 unspecified atom stereocenters. The summed E-state index contributed by atoms with van der Waals surface area (Å²) in [6, 6.07) is 25.5. The largest absolute Gasteiger partial charge is 0.509 e. The molecule has 2 saturated carbocycles. The number of thiocarbonyl (C=S) groups is 1. The van der Waals surface area contributed by atoms with Crippen LogP contribution in [0.4, 0.5) is 15.3 Å². The van der Waals surface area contributed by atoms with Gasteiger partial charge in [0.25, 0.3) is 5.91 Å². The van der Waals surface area contributed by atoms with Crippen molar-refractivity contribution < 1.29 is 86.5 Å². The van der Waals surface area contributed by atoms with E-state index in [0.717, 1.165) is 13.8 Å². The van der Waals surface area contributed by atoms with Crippen molar-refractivity contribution in [2.24, 2.45) is 27.6 Å². The van der Waals surface area contributed by atoms with Crippen LogP contribution in [0.3, 0.4) is 0 Å². The van der Waals surface area contributed by atoms with Gasteiger partial charge in [0.1, 0.15) is 48.9 Å². The minimum absolute atomic E-state index is 0.0156. The second kappa shape index (κ2) is 27.8. The number of fused-ring (bicyclic) bond motifs is 5. The molecule has 0 radical (unpaired) electrons. The summed E-state index contributed by atoms with van der Waals surface area (Å²) in [7, 11) is 2.55. The summed E-state index contributed by atoms with van der Waals surface area (Å²) in [6.45, 7) is 7.45. The first kappa shape index (κ1) is 65.0. The summed E-state index contributed by atoms with van der Waals surface area (Å²) in [6.07, 6.45) is -10.5. The van der Waals surface area contributed by atoms with E-state index >= 15 is 9.59 Å². The van der Waals surface area contributed by atoms with Crippen LogP contribution in [0.15, 0.2) is 126 Å². The van der Waals surface area contributed by atoms with Crippen molar-refractivity contribution in [1.82, 2.24) is 15.7 Å². The molecule has 4 aliphatic rings. The van der Waals surface area contributed by atoms with Gasteiger partial charge >= 0.3 is 36.1 Å². The molecule has 1 aliphatic heterocycles. The van der Waals surface area contributed by atoms with Gasteiger partial charge in [0.05, 0.1) is 41.5 Å². The van der Waals surface area contributed by atoms with Crippen LogP contribution in [-0.2, 0) is 57.1 Å². The van der Waals surface area contributed by atoms with Crippen molar-refractivity contribution in [2.75, 3.05) is 36.6 Å². The highest BCUT2D eigenvalue weighted by molar-refractivity contribution is 8.76. The summed E-state index contributed by atoms with van der Waals surface area (Å²) in [5.74, 6) is -6.83. The number of ketones is 1. The van der Waals surface area contributed by atoms with Gasteiger partial charge in [-0.25, -0.2) is 19.2 Å². The Morgan fingerprint density at radius 3 is 2.10 bits per heavy atom. The van der Waals surface area contributed by atoms with Gasteiger partial charge in [-0.3, -0.25) is 34.9 Å². The number of carbonyl (C=O) groups is 8. The highest BCUT2D eigenvalue weighted by Gasteiger charge is 2.78. The first-order valence-electron chi connectivity index (χ1n) is 27.5. The molecule has 87 heavy (non-hydrogen) atoms. The Labute approximate surface area is 513 Å². The molecule has 1 saturated heterocycles. The number of esters is 4. The predicted octanol–water partition coefficient (Wildman–Crippen LogP) is 6.09. The maximum atomic E-state index is 15.8. The van der Waals surface area contributed by atoms with Crippen molar-refractivity contribution in [3.8, 4) is 0 Å². The number of ether oxygens (including phenoxy) is 8. The van der Waals surface area contributed by atoms with Gasteiger partial charge in [-0.1, -0.05) is 102 Å². The van der Waals surface area contributed by atoms with E-state index in [1.807, 2.05) is 0 Å². The number of carbonyl (C=O) groups excluding carboxylic acids is 8. The summed E-state index contributed by atoms with van der Waals surface area (Å²) in [4.78, 5) is 117. The first-order chi connectivity index (χ1) is 41.4. The molecule has 3 aliphatic carbocycles. The van der Waals surface area contributed by atoms with E-state index in [0.29, 0.717) is 17.1 Å². The number of nitrogens with two attached hydrogens (primary N) is 1. The minimum Gasteiger partial charge on any atom is -0.455 e. The fraction of sp³-hybridized carbons (Fsp3) is 0.417. The van der Waals surface area contributed by atoms with Crippen molar-refractivity contribution in [3.63, 3.8) is 0 Å². The number of anilines is 1. The molecule has 2 bridgehead atoms. The number of benzene rings is 3. The average molecular weight is 1260 g/mol. The third-order valence-corrected chi connectivity index (χ3v) is 18.4. The number of rotatable bonds is 21. The van der Waals surface area contributed by atoms with Gasteiger partial charge in [-0.2, -0.15) is 5.10 Å². The fourth-order valence-electron chi connectivity index (χ4n) is 11.8. The van der Waals surface area contributed by atoms with Crippen LogP contribution >= 0.6 is 33.8 Å². The third-order valence-electron chi connectivity index (χ3n) is 16.0. The fourth-order valence-corrected chi connectivity index (χ4v) is 13.5. The number of amides is 2. The van der Waals surface area contributed by atoms with E-state index in [9.17, 15) is 39.0 Å². The zero-order chi connectivity index (χ0) is 62.8. The smallest absolute Gasteiger partial charge is 0.455 e. The number of Topliss-reactive ketones (excluding diaryl/α,β-unsaturated/α-hetero) is 1. The molecule has 0 spiro atoms. The maximum Gasteiger partial charge on any atom is 0.509 e. The van der Waals surface area contributed by atoms with E-state index in [1.54, 1.807) is 78.9 Å². The second-order valence-electron chi connectivity index (χ2n) is 21.6. The number of hydrazone groups is 1.